The van der Waals surface area contributed by atoms with Gasteiger partial charge in [0.25, 0.3) is 5.91 Å². The number of carbonyl (C=O) groups is 2. The second-order valence-corrected chi connectivity index (χ2v) is 32.1. The first-order valence-corrected chi connectivity index (χ1v) is 32.8. The minimum atomic E-state index is -1.32. The lowest BCUT2D eigenvalue weighted by Gasteiger charge is -2.15. The molecule has 0 saturated carbocycles. The Labute approximate surface area is 461 Å². The van der Waals surface area contributed by atoms with Crippen molar-refractivity contribution in [1.82, 2.24) is 34.5 Å². The number of anilines is 5. The summed E-state index contributed by atoms with van der Waals surface area (Å²) in [6.45, 7) is 15.0. The maximum Gasteiger partial charge on any atom is 0.335 e. The summed E-state index contributed by atoms with van der Waals surface area (Å²) in [4.78, 5) is 38.2. The number of fused-ring (bicyclic) bond motifs is 2. The third kappa shape index (κ3) is 14.6. The van der Waals surface area contributed by atoms with E-state index in [1.807, 2.05) is 0 Å². The lowest BCUT2D eigenvalue weighted by atomic mass is 10.0. The molecule has 0 saturated heterocycles. The average Bonchev–Trinajstić information content (AvgIpc) is 3.98. The Bertz CT molecular complexity index is 3690. The van der Waals surface area contributed by atoms with Crippen molar-refractivity contribution in [3.63, 3.8) is 0 Å². The number of carboxylic acid groups (broad SMARTS) is 1. The number of hydrogen-bond acceptors (Lipinski definition) is 13. The Morgan fingerprint density at radius 1 is 0.575 bits per heavy atom. The minimum Gasteiger partial charge on any atom is -0.496 e. The second-order valence-electron chi connectivity index (χ2n) is 20.8. The second kappa shape index (κ2) is 25.1. The van der Waals surface area contributed by atoms with Crippen LogP contribution in [0.3, 0.4) is 0 Å². The Balaban J connectivity index is 0.000000213. The van der Waals surface area contributed by atoms with E-state index in [4.69, 9.17) is 34.1 Å². The number of nitrogens with one attached hydrogen (secondary N) is 3. The molecule has 23 heteroatoms. The van der Waals surface area contributed by atoms with Crippen LogP contribution in [-0.4, -0.2) is 95.1 Å². The monoisotopic (exact) mass is 1130 g/mol. The highest BCUT2D eigenvalue weighted by molar-refractivity contribution is 6.76. The number of aromatic nitrogens is 7. The van der Waals surface area contributed by atoms with Crippen molar-refractivity contribution in [3.8, 4) is 34.0 Å². The molecule has 0 fully saturated rings. The molecule has 416 valence electrons. The van der Waals surface area contributed by atoms with Gasteiger partial charge in [-0.05, 0) is 109 Å². The standard InChI is InChI=1S/C31H32F2N6O3Si.C26H28F2N4O4Si/c1-41-26-12-8-20(31(40)37-27-7-5-6-14-34-27)17-23(26)29-22-10-13-28(35-25-11-9-21(32)18-24(25)33)36-30(22)39(38-29)19-42-15-16-43(2,3)4;1-35-22-9-5-16(26(33)34)13-19(22)24-18-7-10-23(29-21-8-6-17(27)14-20(21)28)30-25(18)32(31-24)15-36-11-12-37(2,3)4/h5-14,17-18H,15-16,19H2,1-4H3,(H,35,36)(H,34,37,40);5-10,13-14H,11-12,15H2,1-4H3,(H,29,30)(H,33,34). The molecule has 80 heavy (non-hydrogen) atoms. The van der Waals surface area contributed by atoms with Gasteiger partial charge in [0.1, 0.15) is 77.1 Å². The maximum atomic E-state index is 14.4. The van der Waals surface area contributed by atoms with Gasteiger partial charge in [-0.2, -0.15) is 10.2 Å². The zero-order valence-corrected chi connectivity index (χ0v) is 47.3. The third-order valence-corrected chi connectivity index (χ3v) is 15.7. The van der Waals surface area contributed by atoms with Crippen LogP contribution in [0.15, 0.2) is 121 Å². The largest absolute Gasteiger partial charge is 0.496 e. The SMILES string of the molecule is COc1ccc(C(=O)Nc2ccccn2)cc1-c1nn(COCC[Si](C)(C)C)c2nc(Nc3ccc(F)cc3F)ccc12.COc1ccc(C(=O)O)cc1-c1nn(COCC[Si](C)(C)C)c2nc(Nc3ccc(F)cc3F)ccc12. The van der Waals surface area contributed by atoms with E-state index in [0.717, 1.165) is 30.3 Å². The molecule has 5 heterocycles. The van der Waals surface area contributed by atoms with Gasteiger partial charge in [0.05, 0.1) is 31.2 Å². The highest BCUT2D eigenvalue weighted by Gasteiger charge is 2.23. The van der Waals surface area contributed by atoms with E-state index in [0.29, 0.717) is 92.3 Å². The van der Waals surface area contributed by atoms with Crippen molar-refractivity contribution in [2.45, 2.75) is 64.8 Å². The molecule has 17 nitrogen and oxygen atoms in total. The average molecular weight is 1130 g/mol. The van der Waals surface area contributed by atoms with Crippen molar-refractivity contribution in [1.29, 1.82) is 0 Å². The van der Waals surface area contributed by atoms with Gasteiger partial charge in [-0.3, -0.25) is 4.79 Å². The third-order valence-electron chi connectivity index (χ3n) is 12.3. The molecule has 5 aromatic heterocycles. The van der Waals surface area contributed by atoms with Crippen molar-refractivity contribution in [2.24, 2.45) is 0 Å². The number of benzene rings is 4. The predicted octanol–water partition coefficient (Wildman–Crippen LogP) is 13.2. The fraction of sp³-hybridized carbons (Fsp3) is 0.246. The van der Waals surface area contributed by atoms with Crippen molar-refractivity contribution in [2.75, 3.05) is 43.4 Å². The molecule has 9 rings (SSSR count). The Morgan fingerprint density at radius 2 is 1.05 bits per heavy atom. The zero-order chi connectivity index (χ0) is 57.3. The molecular weight excluding hydrogens is 1070 g/mol. The van der Waals surface area contributed by atoms with Crippen molar-refractivity contribution in [3.05, 3.63) is 156 Å². The van der Waals surface area contributed by atoms with E-state index in [9.17, 15) is 32.3 Å². The summed E-state index contributed by atoms with van der Waals surface area (Å²) < 4.78 is 81.6. The lowest BCUT2D eigenvalue weighted by Crippen LogP contribution is -2.22. The smallest absolute Gasteiger partial charge is 0.335 e. The molecule has 0 aliphatic carbocycles. The topological polar surface area (TPSA) is 202 Å². The van der Waals surface area contributed by atoms with E-state index < -0.39 is 45.4 Å². The van der Waals surface area contributed by atoms with E-state index in [-0.39, 0.29) is 36.3 Å². The van der Waals surface area contributed by atoms with E-state index in [2.05, 4.69) is 65.2 Å². The molecule has 0 aliphatic rings. The lowest BCUT2D eigenvalue weighted by molar-refractivity contribution is 0.0696. The molecule has 1 amide bonds. The van der Waals surface area contributed by atoms with Crippen LogP contribution in [0.5, 0.6) is 11.5 Å². The maximum absolute atomic E-state index is 14.4. The summed E-state index contributed by atoms with van der Waals surface area (Å²) in [7, 11) is 0.420. The number of pyridine rings is 3. The van der Waals surface area contributed by atoms with Crippen LogP contribution in [0, 0.1) is 23.3 Å². The van der Waals surface area contributed by atoms with E-state index in [1.165, 1.54) is 37.4 Å². The summed E-state index contributed by atoms with van der Waals surface area (Å²) in [5.41, 5.74) is 3.60. The first-order chi connectivity index (χ1) is 38.2. The number of ether oxygens (including phenoxy) is 4. The molecule has 9 aromatic rings. The highest BCUT2D eigenvalue weighted by Crippen LogP contribution is 2.38. The van der Waals surface area contributed by atoms with Crippen LogP contribution in [0.2, 0.25) is 51.4 Å². The summed E-state index contributed by atoms with van der Waals surface area (Å²) >= 11 is 0. The Kier molecular flexibility index (Phi) is 18.1. The Hall–Kier alpha value is -8.52. The minimum absolute atomic E-state index is 0.0711. The first-order valence-electron chi connectivity index (χ1n) is 25.3. The number of nitrogens with zero attached hydrogens (tertiary/aromatic N) is 7. The number of carbonyl (C=O) groups excluding carboxylic acids is 1. The van der Waals surface area contributed by atoms with Gasteiger partial charge in [0.2, 0.25) is 0 Å². The quantitative estimate of drug-likeness (QED) is 0.0301. The molecule has 0 radical (unpaired) electrons. The molecule has 0 aliphatic heterocycles. The molecule has 0 spiro atoms. The van der Waals surface area contributed by atoms with Crippen LogP contribution in [-0.2, 0) is 22.9 Å². The number of carboxylic acids is 1. The number of hydrogen-bond donors (Lipinski definition) is 4. The van der Waals surface area contributed by atoms with Gasteiger partial charge in [0, 0.05) is 75.2 Å². The van der Waals surface area contributed by atoms with Gasteiger partial charge in [-0.15, -0.1) is 0 Å². The van der Waals surface area contributed by atoms with Crippen LogP contribution >= 0.6 is 0 Å². The van der Waals surface area contributed by atoms with Gasteiger partial charge >= 0.3 is 5.97 Å². The summed E-state index contributed by atoms with van der Waals surface area (Å²) in [6, 6.07) is 30.2. The summed E-state index contributed by atoms with van der Waals surface area (Å²) in [5.74, 6) is -2.21. The highest BCUT2D eigenvalue weighted by atomic mass is 28.3. The fourth-order valence-electron chi connectivity index (χ4n) is 8.02. The van der Waals surface area contributed by atoms with Crippen molar-refractivity contribution >= 4 is 78.9 Å². The Morgan fingerprint density at radius 3 is 1.48 bits per heavy atom. The van der Waals surface area contributed by atoms with Crippen molar-refractivity contribution < 1.29 is 51.2 Å². The number of amides is 1. The van der Waals surface area contributed by atoms with Crippen LogP contribution < -0.4 is 25.4 Å². The summed E-state index contributed by atoms with van der Waals surface area (Å²) in [6.07, 6.45) is 1.60. The van der Waals surface area contributed by atoms with Crippen LogP contribution in [0.1, 0.15) is 20.7 Å². The molecular formula is C57H60F4N10O7Si2. The first kappa shape index (κ1) is 57.7. The molecule has 4 aromatic carbocycles. The number of methoxy groups -OCH3 is 2. The fourth-order valence-corrected chi connectivity index (χ4v) is 9.54. The summed E-state index contributed by atoms with van der Waals surface area (Å²) in [5, 5.41) is 28.9. The number of aromatic carboxylic acids is 1. The number of halogens is 4. The molecule has 0 atom stereocenters. The van der Waals surface area contributed by atoms with Gasteiger partial charge in [-0.25, -0.2) is 46.7 Å². The predicted molar refractivity (Wildman–Crippen MR) is 306 cm³/mol. The number of rotatable bonds is 21. The molecule has 0 bridgehead atoms. The van der Waals surface area contributed by atoms with Gasteiger partial charge in [0.15, 0.2) is 11.3 Å². The van der Waals surface area contributed by atoms with Crippen LogP contribution in [0.4, 0.5) is 46.4 Å². The van der Waals surface area contributed by atoms with Gasteiger partial charge < -0.3 is 40.0 Å². The van der Waals surface area contributed by atoms with E-state index in [1.54, 1.807) is 89.4 Å². The van der Waals surface area contributed by atoms with Crippen LogP contribution in [0.25, 0.3) is 44.6 Å². The molecule has 4 N–H and O–H groups in total. The zero-order valence-electron chi connectivity index (χ0n) is 45.3. The van der Waals surface area contributed by atoms with E-state index >= 15 is 0 Å². The molecule has 0 unspecified atom stereocenters. The van der Waals surface area contributed by atoms with Gasteiger partial charge in [-0.1, -0.05) is 45.3 Å². The normalized spacial score (nSPS) is 11.6.